The normalized spacial score (nSPS) is 15.0. The first kappa shape index (κ1) is 16.7. The van der Waals surface area contributed by atoms with Crippen molar-refractivity contribution in [1.29, 1.82) is 0 Å². The van der Waals surface area contributed by atoms with Gasteiger partial charge in [0.1, 0.15) is 0 Å². The van der Waals surface area contributed by atoms with E-state index in [1.54, 1.807) is 11.3 Å². The highest BCUT2D eigenvalue weighted by atomic mass is 79.9. The van der Waals surface area contributed by atoms with Crippen molar-refractivity contribution in [3.8, 4) is 0 Å². The van der Waals surface area contributed by atoms with Crippen molar-refractivity contribution >= 4 is 27.3 Å². The van der Waals surface area contributed by atoms with Crippen LogP contribution in [0.2, 0.25) is 0 Å². The van der Waals surface area contributed by atoms with E-state index in [0.29, 0.717) is 12.8 Å². The number of hydrogen-bond donors (Lipinski definition) is 1. The lowest BCUT2D eigenvalue weighted by molar-refractivity contribution is 0.0325. The summed E-state index contributed by atoms with van der Waals surface area (Å²) in [6.07, 6.45) is 1.22. The molecule has 21 heavy (non-hydrogen) atoms. The van der Waals surface area contributed by atoms with Crippen LogP contribution in [0.3, 0.4) is 0 Å². The van der Waals surface area contributed by atoms with E-state index in [0.717, 1.165) is 20.7 Å². The zero-order chi connectivity index (χ0) is 15.7. The minimum atomic E-state index is -0.864. The van der Waals surface area contributed by atoms with E-state index < -0.39 is 5.60 Å². The monoisotopic (exact) mass is 367 g/mol. The molecule has 2 rings (SSSR count). The van der Waals surface area contributed by atoms with Crippen LogP contribution in [0, 0.1) is 0 Å². The smallest absolute Gasteiger partial charge is 0.0960 e. The Kier molecular flexibility index (Phi) is 4.91. The molecule has 1 heterocycles. The summed E-state index contributed by atoms with van der Waals surface area (Å²) in [4.78, 5) is 4.71. The SMILES string of the molecule is CCC(O)(Cc1nc(C(C)(C)C)cs1)c1cccc(Br)c1. The quantitative estimate of drug-likeness (QED) is 0.820. The summed E-state index contributed by atoms with van der Waals surface area (Å²) in [7, 11) is 0. The van der Waals surface area contributed by atoms with Gasteiger partial charge in [-0.3, -0.25) is 0 Å². The number of aromatic nitrogens is 1. The number of rotatable bonds is 4. The fourth-order valence-electron chi connectivity index (χ4n) is 2.20. The molecule has 0 aliphatic heterocycles. The van der Waals surface area contributed by atoms with E-state index >= 15 is 0 Å². The van der Waals surface area contributed by atoms with Gasteiger partial charge < -0.3 is 5.11 Å². The molecule has 2 aromatic rings. The van der Waals surface area contributed by atoms with E-state index in [1.807, 2.05) is 31.2 Å². The Balaban J connectivity index is 2.28. The second-order valence-corrected chi connectivity index (χ2v) is 8.31. The van der Waals surface area contributed by atoms with Gasteiger partial charge >= 0.3 is 0 Å². The molecule has 1 aromatic carbocycles. The number of nitrogens with zero attached hydrogens (tertiary/aromatic N) is 1. The Labute approximate surface area is 139 Å². The maximum Gasteiger partial charge on any atom is 0.0960 e. The molecule has 1 aromatic heterocycles. The van der Waals surface area contributed by atoms with E-state index in [-0.39, 0.29) is 5.41 Å². The van der Waals surface area contributed by atoms with Crippen molar-refractivity contribution < 1.29 is 5.11 Å². The molecule has 0 bridgehead atoms. The molecule has 1 unspecified atom stereocenters. The molecule has 0 aliphatic carbocycles. The summed E-state index contributed by atoms with van der Waals surface area (Å²) < 4.78 is 0.987. The van der Waals surface area contributed by atoms with Crippen molar-refractivity contribution in [2.24, 2.45) is 0 Å². The summed E-state index contributed by atoms with van der Waals surface area (Å²) in [5, 5.41) is 14.1. The first-order valence-corrected chi connectivity index (χ1v) is 8.85. The molecule has 2 nitrogen and oxygen atoms in total. The lowest BCUT2D eigenvalue weighted by Crippen LogP contribution is -2.27. The topological polar surface area (TPSA) is 33.1 Å². The van der Waals surface area contributed by atoms with Crippen molar-refractivity contribution in [2.45, 2.75) is 51.6 Å². The van der Waals surface area contributed by atoms with Crippen molar-refractivity contribution in [1.82, 2.24) is 4.98 Å². The summed E-state index contributed by atoms with van der Waals surface area (Å²) >= 11 is 5.11. The average molecular weight is 368 g/mol. The van der Waals surface area contributed by atoms with E-state index in [1.165, 1.54) is 0 Å². The van der Waals surface area contributed by atoms with Crippen LogP contribution >= 0.6 is 27.3 Å². The first-order chi connectivity index (χ1) is 9.74. The largest absolute Gasteiger partial charge is 0.385 e. The number of benzene rings is 1. The van der Waals surface area contributed by atoms with Crippen molar-refractivity contribution in [3.63, 3.8) is 0 Å². The van der Waals surface area contributed by atoms with E-state index in [9.17, 15) is 5.11 Å². The molecule has 0 spiro atoms. The van der Waals surface area contributed by atoms with Gasteiger partial charge in [-0.2, -0.15) is 0 Å². The Morgan fingerprint density at radius 2 is 2.00 bits per heavy atom. The first-order valence-electron chi connectivity index (χ1n) is 7.18. The maximum absolute atomic E-state index is 11.0. The predicted molar refractivity (Wildman–Crippen MR) is 92.8 cm³/mol. The molecule has 0 aliphatic rings. The van der Waals surface area contributed by atoms with Crippen LogP contribution in [-0.2, 0) is 17.4 Å². The molecular weight excluding hydrogens is 346 g/mol. The summed E-state index contributed by atoms with van der Waals surface area (Å²) in [5.74, 6) is 0. The third-order valence-electron chi connectivity index (χ3n) is 3.71. The lowest BCUT2D eigenvalue weighted by atomic mass is 9.88. The maximum atomic E-state index is 11.0. The van der Waals surface area contributed by atoms with Gasteiger partial charge in [0.05, 0.1) is 16.3 Å². The van der Waals surface area contributed by atoms with Gasteiger partial charge in [-0.25, -0.2) is 4.98 Å². The van der Waals surface area contributed by atoms with Gasteiger partial charge in [0.25, 0.3) is 0 Å². The zero-order valence-electron chi connectivity index (χ0n) is 13.0. The minimum absolute atomic E-state index is 0.0505. The standard InChI is InChI=1S/C17H22BrNOS/c1-5-17(20,12-7-6-8-13(18)9-12)10-15-19-14(11-21-15)16(2,3)4/h6-9,11,20H,5,10H2,1-4H3. The molecule has 0 fully saturated rings. The van der Waals surface area contributed by atoms with Gasteiger partial charge in [-0.15, -0.1) is 11.3 Å². The van der Waals surface area contributed by atoms with Gasteiger partial charge in [0, 0.05) is 21.7 Å². The Hall–Kier alpha value is -0.710. The highest BCUT2D eigenvalue weighted by Crippen LogP contribution is 2.33. The molecule has 4 heteroatoms. The van der Waals surface area contributed by atoms with Crippen molar-refractivity contribution in [2.75, 3.05) is 0 Å². The van der Waals surface area contributed by atoms with Crippen molar-refractivity contribution in [3.05, 3.63) is 50.4 Å². The third kappa shape index (κ3) is 3.93. The van der Waals surface area contributed by atoms with Crippen LogP contribution in [0.25, 0.3) is 0 Å². The molecule has 0 amide bonds. The number of halogens is 1. The van der Waals surface area contributed by atoms with Gasteiger partial charge in [0.15, 0.2) is 0 Å². The molecule has 0 saturated heterocycles. The van der Waals surface area contributed by atoms with Crippen LogP contribution in [-0.4, -0.2) is 10.1 Å². The van der Waals surface area contributed by atoms with Gasteiger partial charge in [0.2, 0.25) is 0 Å². The average Bonchev–Trinajstić information content (AvgIpc) is 2.87. The minimum Gasteiger partial charge on any atom is -0.385 e. The molecule has 114 valence electrons. The Bertz CT molecular complexity index is 617. The summed E-state index contributed by atoms with van der Waals surface area (Å²) in [6.45, 7) is 8.49. The fourth-order valence-corrected chi connectivity index (χ4v) is 3.72. The second kappa shape index (κ2) is 6.19. The molecule has 1 N–H and O–H groups in total. The molecule has 1 atom stereocenters. The number of thiazole rings is 1. The fraction of sp³-hybridized carbons (Fsp3) is 0.471. The summed E-state index contributed by atoms with van der Waals surface area (Å²) in [6, 6.07) is 7.90. The zero-order valence-corrected chi connectivity index (χ0v) is 15.4. The Morgan fingerprint density at radius 3 is 2.52 bits per heavy atom. The Morgan fingerprint density at radius 1 is 1.29 bits per heavy atom. The lowest BCUT2D eigenvalue weighted by Gasteiger charge is -2.26. The molecule has 0 radical (unpaired) electrons. The number of hydrogen-bond acceptors (Lipinski definition) is 3. The highest BCUT2D eigenvalue weighted by molar-refractivity contribution is 9.10. The molecular formula is C17H22BrNOS. The van der Waals surface area contributed by atoms with Crippen LogP contribution in [0.4, 0.5) is 0 Å². The van der Waals surface area contributed by atoms with Gasteiger partial charge in [-0.05, 0) is 24.1 Å². The van der Waals surface area contributed by atoms with Crippen LogP contribution in [0.1, 0.15) is 50.4 Å². The van der Waals surface area contributed by atoms with Crippen LogP contribution in [0.15, 0.2) is 34.1 Å². The summed E-state index contributed by atoms with van der Waals surface area (Å²) in [5.41, 5.74) is 1.22. The van der Waals surface area contributed by atoms with E-state index in [4.69, 9.17) is 4.98 Å². The highest BCUT2D eigenvalue weighted by Gasteiger charge is 2.29. The molecule has 0 saturated carbocycles. The van der Waals surface area contributed by atoms with Crippen LogP contribution < -0.4 is 0 Å². The second-order valence-electron chi connectivity index (χ2n) is 6.45. The third-order valence-corrected chi connectivity index (χ3v) is 5.05. The van der Waals surface area contributed by atoms with Crippen LogP contribution in [0.5, 0.6) is 0 Å². The van der Waals surface area contributed by atoms with Gasteiger partial charge in [-0.1, -0.05) is 55.8 Å². The number of aliphatic hydroxyl groups is 1. The predicted octanol–water partition coefficient (Wildman–Crippen LogP) is 5.04. The van der Waals surface area contributed by atoms with E-state index in [2.05, 4.69) is 42.1 Å².